The van der Waals surface area contributed by atoms with Crippen LogP contribution >= 0.6 is 0 Å². The van der Waals surface area contributed by atoms with Gasteiger partial charge in [-0.25, -0.2) is 0 Å². The number of allylic oxidation sites excluding steroid dienone is 5. The average Bonchev–Trinajstić information content (AvgIpc) is 2.48. The maximum atomic E-state index is 10.3. The van der Waals surface area contributed by atoms with Crippen LogP contribution in [0.3, 0.4) is 0 Å². The first-order valence-electron chi connectivity index (χ1n) is 8.55. The molecule has 2 N–H and O–H groups in total. The van der Waals surface area contributed by atoms with Crippen LogP contribution in [-0.2, 0) is 4.79 Å². The molecular formula is C19H32O3. The van der Waals surface area contributed by atoms with Gasteiger partial charge in [-0.2, -0.15) is 0 Å². The van der Waals surface area contributed by atoms with Gasteiger partial charge in [-0.15, -0.1) is 0 Å². The number of aliphatic hydroxyl groups excluding tert-OH is 1. The van der Waals surface area contributed by atoms with E-state index in [-0.39, 0.29) is 12.5 Å². The summed E-state index contributed by atoms with van der Waals surface area (Å²) < 4.78 is 0. The van der Waals surface area contributed by atoms with Crippen molar-refractivity contribution in [2.75, 3.05) is 0 Å². The Kier molecular flexibility index (Phi) is 15.0. The molecule has 126 valence electrons. The van der Waals surface area contributed by atoms with E-state index < -0.39 is 5.97 Å². The Bertz CT molecular complexity index is 343. The van der Waals surface area contributed by atoms with Crippen molar-refractivity contribution in [2.45, 2.75) is 77.2 Å². The Balaban J connectivity index is 3.48. The first-order valence-corrected chi connectivity index (χ1v) is 8.55. The largest absolute Gasteiger partial charge is 0.481 e. The molecule has 0 aliphatic carbocycles. The molecule has 1 atom stereocenters. The lowest BCUT2D eigenvalue weighted by molar-refractivity contribution is -0.137. The van der Waals surface area contributed by atoms with E-state index in [1.807, 2.05) is 18.2 Å². The van der Waals surface area contributed by atoms with Gasteiger partial charge in [0, 0.05) is 6.42 Å². The zero-order valence-corrected chi connectivity index (χ0v) is 13.9. The second-order valence-corrected chi connectivity index (χ2v) is 5.58. The Morgan fingerprint density at radius 2 is 1.82 bits per heavy atom. The third-order valence-corrected chi connectivity index (χ3v) is 3.38. The van der Waals surface area contributed by atoms with E-state index in [2.05, 4.69) is 25.2 Å². The van der Waals surface area contributed by atoms with Crippen molar-refractivity contribution in [1.82, 2.24) is 0 Å². The molecule has 0 aliphatic rings. The summed E-state index contributed by atoms with van der Waals surface area (Å²) in [5.74, 6) is -0.704. The number of carbonyl (C=O) groups is 1. The van der Waals surface area contributed by atoms with Crippen LogP contribution in [0.1, 0.15) is 71.1 Å². The second kappa shape index (κ2) is 16.0. The summed E-state index contributed by atoms with van der Waals surface area (Å²) >= 11 is 0. The van der Waals surface area contributed by atoms with Crippen LogP contribution in [-0.4, -0.2) is 22.3 Å². The fourth-order valence-corrected chi connectivity index (χ4v) is 2.06. The van der Waals surface area contributed by atoms with E-state index >= 15 is 0 Å². The van der Waals surface area contributed by atoms with Gasteiger partial charge in [0.25, 0.3) is 0 Å². The zero-order chi connectivity index (χ0) is 16.5. The van der Waals surface area contributed by atoms with Gasteiger partial charge in [-0.1, -0.05) is 69.1 Å². The monoisotopic (exact) mass is 308 g/mol. The highest BCUT2D eigenvalue weighted by Gasteiger charge is 1.96. The predicted octanol–water partition coefficient (Wildman–Crippen LogP) is 5.02. The lowest BCUT2D eigenvalue weighted by atomic mass is 10.1. The Morgan fingerprint density at radius 3 is 2.55 bits per heavy atom. The molecule has 3 nitrogen and oxygen atoms in total. The van der Waals surface area contributed by atoms with Gasteiger partial charge in [0.2, 0.25) is 0 Å². The molecule has 0 amide bonds. The SMILES string of the molecule is CCCCCC(O)/C=C/C=C\C/C=C\CCCCCC(=O)O. The molecule has 0 aromatic rings. The minimum absolute atomic E-state index is 0.281. The number of hydrogen-bond donors (Lipinski definition) is 2. The molecule has 0 bridgehead atoms. The number of aliphatic hydroxyl groups is 1. The van der Waals surface area contributed by atoms with E-state index in [0.717, 1.165) is 44.9 Å². The fourth-order valence-electron chi connectivity index (χ4n) is 2.06. The smallest absolute Gasteiger partial charge is 0.303 e. The maximum Gasteiger partial charge on any atom is 0.303 e. The van der Waals surface area contributed by atoms with Gasteiger partial charge >= 0.3 is 5.97 Å². The Morgan fingerprint density at radius 1 is 1.00 bits per heavy atom. The van der Waals surface area contributed by atoms with Crippen molar-refractivity contribution in [1.29, 1.82) is 0 Å². The number of carboxylic acids is 1. The number of hydrogen-bond acceptors (Lipinski definition) is 2. The Labute approximate surface area is 135 Å². The summed E-state index contributed by atoms with van der Waals surface area (Å²) in [7, 11) is 0. The summed E-state index contributed by atoms with van der Waals surface area (Å²) in [5.41, 5.74) is 0. The zero-order valence-electron chi connectivity index (χ0n) is 13.9. The number of carboxylic acid groups (broad SMARTS) is 1. The Hall–Kier alpha value is -1.35. The third kappa shape index (κ3) is 16.7. The number of aliphatic carboxylic acids is 1. The van der Waals surface area contributed by atoms with E-state index in [1.54, 1.807) is 0 Å². The van der Waals surface area contributed by atoms with Crippen LogP contribution < -0.4 is 0 Å². The van der Waals surface area contributed by atoms with Crippen LogP contribution in [0.15, 0.2) is 36.5 Å². The summed E-state index contributed by atoms with van der Waals surface area (Å²) in [6, 6.07) is 0. The third-order valence-electron chi connectivity index (χ3n) is 3.38. The van der Waals surface area contributed by atoms with E-state index in [0.29, 0.717) is 0 Å². The van der Waals surface area contributed by atoms with Crippen LogP contribution in [0.25, 0.3) is 0 Å². The van der Waals surface area contributed by atoms with Crippen molar-refractivity contribution in [3.63, 3.8) is 0 Å². The summed E-state index contributed by atoms with van der Waals surface area (Å²) in [4.78, 5) is 10.3. The minimum Gasteiger partial charge on any atom is -0.481 e. The normalized spacial score (nSPS) is 13.5. The van der Waals surface area contributed by atoms with Crippen molar-refractivity contribution in [3.05, 3.63) is 36.5 Å². The van der Waals surface area contributed by atoms with Crippen LogP contribution in [0.5, 0.6) is 0 Å². The lowest BCUT2D eigenvalue weighted by Gasteiger charge is -2.02. The van der Waals surface area contributed by atoms with Gasteiger partial charge in [-0.05, 0) is 32.1 Å². The average molecular weight is 308 g/mol. The van der Waals surface area contributed by atoms with Crippen LogP contribution in [0.2, 0.25) is 0 Å². The highest BCUT2D eigenvalue weighted by atomic mass is 16.4. The molecular weight excluding hydrogens is 276 g/mol. The van der Waals surface area contributed by atoms with Gasteiger partial charge in [0.1, 0.15) is 0 Å². The topological polar surface area (TPSA) is 57.5 Å². The molecule has 0 aliphatic heterocycles. The highest BCUT2D eigenvalue weighted by Crippen LogP contribution is 2.05. The summed E-state index contributed by atoms with van der Waals surface area (Å²) in [6.07, 6.45) is 21.0. The second-order valence-electron chi connectivity index (χ2n) is 5.58. The number of unbranched alkanes of at least 4 members (excludes halogenated alkanes) is 5. The van der Waals surface area contributed by atoms with E-state index in [1.165, 1.54) is 12.8 Å². The quantitative estimate of drug-likeness (QED) is 0.269. The van der Waals surface area contributed by atoms with Gasteiger partial charge in [0.15, 0.2) is 0 Å². The molecule has 0 saturated carbocycles. The molecule has 0 rings (SSSR count). The molecule has 22 heavy (non-hydrogen) atoms. The lowest BCUT2D eigenvalue weighted by Crippen LogP contribution is -2.00. The van der Waals surface area contributed by atoms with E-state index in [9.17, 15) is 9.90 Å². The number of rotatable bonds is 14. The van der Waals surface area contributed by atoms with Crippen LogP contribution in [0.4, 0.5) is 0 Å². The fraction of sp³-hybridized carbons (Fsp3) is 0.632. The molecule has 0 aromatic heterocycles. The molecule has 1 unspecified atom stereocenters. The summed E-state index contributed by atoms with van der Waals surface area (Å²) in [6.45, 7) is 2.16. The molecule has 0 aromatic carbocycles. The van der Waals surface area contributed by atoms with Gasteiger partial charge < -0.3 is 10.2 Å². The molecule has 3 heteroatoms. The van der Waals surface area contributed by atoms with Crippen molar-refractivity contribution < 1.29 is 15.0 Å². The molecule has 0 radical (unpaired) electrons. The predicted molar refractivity (Wildman–Crippen MR) is 92.9 cm³/mol. The molecule has 0 spiro atoms. The van der Waals surface area contributed by atoms with E-state index in [4.69, 9.17) is 5.11 Å². The minimum atomic E-state index is -0.704. The van der Waals surface area contributed by atoms with Crippen molar-refractivity contribution >= 4 is 5.97 Å². The summed E-state index contributed by atoms with van der Waals surface area (Å²) in [5, 5.41) is 18.2. The molecule has 0 fully saturated rings. The molecule has 0 heterocycles. The van der Waals surface area contributed by atoms with Gasteiger partial charge in [-0.3, -0.25) is 4.79 Å². The van der Waals surface area contributed by atoms with Crippen LogP contribution in [0, 0.1) is 0 Å². The first kappa shape index (κ1) is 20.6. The highest BCUT2D eigenvalue weighted by molar-refractivity contribution is 5.66. The standard InChI is InChI=1S/C19H32O3/c1-2-3-12-15-18(20)16-13-10-8-6-4-5-7-9-11-14-17-19(21)22/h4-5,8,10,13,16,18,20H,2-3,6-7,9,11-12,14-15,17H2,1H3,(H,21,22)/b5-4-,10-8-,16-13+. The maximum absolute atomic E-state index is 10.3. The first-order chi connectivity index (χ1) is 10.7. The molecule has 0 saturated heterocycles. The van der Waals surface area contributed by atoms with Crippen molar-refractivity contribution in [3.8, 4) is 0 Å². The van der Waals surface area contributed by atoms with Gasteiger partial charge in [0.05, 0.1) is 6.10 Å². The van der Waals surface area contributed by atoms with Crippen molar-refractivity contribution in [2.24, 2.45) is 0 Å².